The third-order valence-corrected chi connectivity index (χ3v) is 5.73. The Morgan fingerprint density at radius 2 is 1.70 bits per heavy atom. The summed E-state index contributed by atoms with van der Waals surface area (Å²) in [6, 6.07) is 23.1. The highest BCUT2D eigenvalue weighted by molar-refractivity contribution is 5.97. The molecule has 0 N–H and O–H groups in total. The molecule has 0 bridgehead atoms. The highest BCUT2D eigenvalue weighted by Gasteiger charge is 2.22. The van der Waals surface area contributed by atoms with Crippen molar-refractivity contribution in [2.75, 3.05) is 24.7 Å². The molecule has 3 aromatic rings. The monoisotopic (exact) mass is 399 g/mol. The molecule has 0 saturated carbocycles. The van der Waals surface area contributed by atoms with E-state index in [-0.39, 0.29) is 0 Å². The first kappa shape index (κ1) is 20.3. The Bertz CT molecular complexity index is 1020. The first-order valence-corrected chi connectivity index (χ1v) is 11.0. The molecule has 1 heterocycles. The average Bonchev–Trinajstić information content (AvgIpc) is 2.80. The third-order valence-electron chi connectivity index (χ3n) is 5.73. The van der Waals surface area contributed by atoms with Crippen LogP contribution in [0.2, 0.25) is 0 Å². The third kappa shape index (κ3) is 4.42. The number of nitriles is 1. The van der Waals surface area contributed by atoms with Gasteiger partial charge in [0.1, 0.15) is 5.75 Å². The van der Waals surface area contributed by atoms with Gasteiger partial charge >= 0.3 is 0 Å². The van der Waals surface area contributed by atoms with Gasteiger partial charge in [-0.15, -0.1) is 0 Å². The molecule has 4 heteroatoms. The molecule has 154 valence electrons. The fourth-order valence-electron chi connectivity index (χ4n) is 4.10. The maximum absolute atomic E-state index is 9.49. The average molecular weight is 400 g/mol. The molecular formula is C26H29N3O. The Kier molecular flexibility index (Phi) is 6.51. The minimum absolute atomic E-state index is 0.733. The molecule has 1 aliphatic rings. The first-order valence-electron chi connectivity index (χ1n) is 11.0. The number of benzene rings is 3. The van der Waals surface area contributed by atoms with Crippen LogP contribution in [-0.4, -0.2) is 24.7 Å². The van der Waals surface area contributed by atoms with Crippen LogP contribution in [-0.2, 0) is 6.54 Å². The molecule has 0 aliphatic carbocycles. The summed E-state index contributed by atoms with van der Waals surface area (Å²) in [6.45, 7) is 5.84. The molecule has 0 atom stereocenters. The normalized spacial score (nSPS) is 14.6. The Labute approximate surface area is 179 Å². The zero-order valence-corrected chi connectivity index (χ0v) is 17.7. The Morgan fingerprint density at radius 1 is 0.933 bits per heavy atom. The lowest BCUT2D eigenvalue weighted by Crippen LogP contribution is -2.47. The number of anilines is 1. The number of fused-ring (bicyclic) bond motifs is 1. The maximum atomic E-state index is 9.49. The first-order chi connectivity index (χ1) is 14.8. The van der Waals surface area contributed by atoms with E-state index in [4.69, 9.17) is 4.74 Å². The van der Waals surface area contributed by atoms with Gasteiger partial charge in [-0.3, -0.25) is 0 Å². The molecule has 0 spiro atoms. The van der Waals surface area contributed by atoms with Crippen molar-refractivity contribution in [3.63, 3.8) is 0 Å². The highest BCUT2D eigenvalue weighted by Crippen LogP contribution is 2.32. The van der Waals surface area contributed by atoms with Crippen molar-refractivity contribution >= 4 is 16.5 Å². The molecule has 0 amide bonds. The molecule has 0 aromatic heterocycles. The number of nitrogens with zero attached hydrogens (tertiary/aromatic N) is 3. The lowest BCUT2D eigenvalue weighted by molar-refractivity contribution is 0.205. The van der Waals surface area contributed by atoms with Crippen LogP contribution in [0.25, 0.3) is 10.8 Å². The fourth-order valence-corrected chi connectivity index (χ4v) is 4.10. The van der Waals surface area contributed by atoms with Gasteiger partial charge in [0.25, 0.3) is 0 Å². The van der Waals surface area contributed by atoms with Crippen LogP contribution in [0, 0.1) is 11.3 Å². The van der Waals surface area contributed by atoms with Gasteiger partial charge in [-0.1, -0.05) is 49.7 Å². The smallest absolute Gasteiger partial charge is 0.119 e. The predicted molar refractivity (Wildman–Crippen MR) is 122 cm³/mol. The zero-order valence-electron chi connectivity index (χ0n) is 17.7. The quantitative estimate of drug-likeness (QED) is 0.463. The van der Waals surface area contributed by atoms with Crippen molar-refractivity contribution in [1.82, 2.24) is 5.01 Å². The van der Waals surface area contributed by atoms with Gasteiger partial charge in [0.15, 0.2) is 0 Å². The second kappa shape index (κ2) is 9.65. The van der Waals surface area contributed by atoms with E-state index in [1.165, 1.54) is 24.1 Å². The van der Waals surface area contributed by atoms with Crippen molar-refractivity contribution in [1.29, 1.82) is 5.26 Å². The fraction of sp³-hybridized carbons (Fsp3) is 0.346. The van der Waals surface area contributed by atoms with Crippen molar-refractivity contribution in [3.05, 3.63) is 71.8 Å². The van der Waals surface area contributed by atoms with Gasteiger partial charge in [-0.05, 0) is 49.1 Å². The minimum Gasteiger partial charge on any atom is -0.494 e. The SMILES string of the molecule is CCCCOc1ccc(CN2CCCCN2c2ccc(C#N)c3ccccc23)cc1. The number of hydrazine groups is 1. The summed E-state index contributed by atoms with van der Waals surface area (Å²) in [6.07, 6.45) is 4.61. The van der Waals surface area contributed by atoms with Crippen molar-refractivity contribution in [3.8, 4) is 11.8 Å². The van der Waals surface area contributed by atoms with Crippen LogP contribution in [0.1, 0.15) is 43.7 Å². The zero-order chi connectivity index (χ0) is 20.8. The van der Waals surface area contributed by atoms with Crippen LogP contribution >= 0.6 is 0 Å². The Hall–Kier alpha value is -3.03. The van der Waals surface area contributed by atoms with E-state index in [0.717, 1.165) is 61.2 Å². The number of hydrogen-bond acceptors (Lipinski definition) is 4. The summed E-state index contributed by atoms with van der Waals surface area (Å²) in [5.41, 5.74) is 3.20. The summed E-state index contributed by atoms with van der Waals surface area (Å²) in [4.78, 5) is 0. The lowest BCUT2D eigenvalue weighted by atomic mass is 10.0. The number of hydrogen-bond donors (Lipinski definition) is 0. The maximum Gasteiger partial charge on any atom is 0.119 e. The standard InChI is InChI=1S/C26H29N3O/c1-2-3-18-30-23-13-10-21(11-14-23)20-28-16-6-7-17-29(28)26-15-12-22(19-27)24-8-4-5-9-25(24)26/h4-5,8-15H,2-3,6-7,16-18,20H2,1H3. The molecule has 3 aromatic carbocycles. The van der Waals surface area contributed by atoms with Gasteiger partial charge in [-0.25, -0.2) is 5.01 Å². The summed E-state index contributed by atoms with van der Waals surface area (Å²) in [5, 5.41) is 16.5. The van der Waals surface area contributed by atoms with E-state index < -0.39 is 0 Å². The van der Waals surface area contributed by atoms with Gasteiger partial charge in [-0.2, -0.15) is 5.26 Å². The molecule has 4 nitrogen and oxygen atoms in total. The molecule has 1 fully saturated rings. The van der Waals surface area contributed by atoms with Crippen molar-refractivity contribution < 1.29 is 4.74 Å². The largest absolute Gasteiger partial charge is 0.494 e. The highest BCUT2D eigenvalue weighted by atomic mass is 16.5. The van der Waals surface area contributed by atoms with Gasteiger partial charge < -0.3 is 9.75 Å². The Morgan fingerprint density at radius 3 is 2.47 bits per heavy atom. The van der Waals surface area contributed by atoms with Crippen molar-refractivity contribution in [2.24, 2.45) is 0 Å². The van der Waals surface area contributed by atoms with Gasteiger partial charge in [0.2, 0.25) is 0 Å². The topological polar surface area (TPSA) is 39.5 Å². The minimum atomic E-state index is 0.733. The Balaban J connectivity index is 1.56. The van der Waals surface area contributed by atoms with Crippen LogP contribution in [0.5, 0.6) is 5.75 Å². The van der Waals surface area contributed by atoms with Crippen molar-refractivity contribution in [2.45, 2.75) is 39.2 Å². The number of rotatable bonds is 7. The van der Waals surface area contributed by atoms with E-state index in [9.17, 15) is 5.26 Å². The molecule has 1 saturated heterocycles. The molecule has 1 aliphatic heterocycles. The van der Waals surface area contributed by atoms with E-state index in [2.05, 4.69) is 65.5 Å². The van der Waals surface area contributed by atoms with E-state index in [0.29, 0.717) is 0 Å². The van der Waals surface area contributed by atoms with Gasteiger partial charge in [0, 0.05) is 30.4 Å². The summed E-state index contributed by atoms with van der Waals surface area (Å²) >= 11 is 0. The predicted octanol–water partition coefficient (Wildman–Crippen LogP) is 5.91. The summed E-state index contributed by atoms with van der Waals surface area (Å²) < 4.78 is 5.80. The van der Waals surface area contributed by atoms with Crippen LogP contribution in [0.3, 0.4) is 0 Å². The van der Waals surface area contributed by atoms with E-state index in [1.807, 2.05) is 18.2 Å². The molecule has 0 radical (unpaired) electrons. The number of ether oxygens (including phenoxy) is 1. The van der Waals surface area contributed by atoms with Crippen LogP contribution < -0.4 is 9.75 Å². The van der Waals surface area contributed by atoms with Crippen LogP contribution in [0.4, 0.5) is 5.69 Å². The summed E-state index contributed by atoms with van der Waals surface area (Å²) in [5.74, 6) is 0.945. The molecule has 0 unspecified atom stereocenters. The van der Waals surface area contributed by atoms with Crippen LogP contribution in [0.15, 0.2) is 60.7 Å². The molecule has 4 rings (SSSR count). The second-order valence-corrected chi connectivity index (χ2v) is 7.85. The second-order valence-electron chi connectivity index (χ2n) is 7.85. The lowest BCUT2D eigenvalue weighted by Gasteiger charge is -2.41. The summed E-state index contributed by atoms with van der Waals surface area (Å²) in [7, 11) is 0. The molecule has 30 heavy (non-hydrogen) atoms. The van der Waals surface area contributed by atoms with E-state index in [1.54, 1.807) is 0 Å². The number of unbranched alkanes of at least 4 members (excludes halogenated alkanes) is 1. The van der Waals surface area contributed by atoms with Gasteiger partial charge in [0.05, 0.1) is 23.9 Å². The molecular weight excluding hydrogens is 370 g/mol. The van der Waals surface area contributed by atoms with E-state index >= 15 is 0 Å².